The molecule has 3 amide bonds. The van der Waals surface area contributed by atoms with Gasteiger partial charge in [-0.1, -0.05) is 0 Å². The minimum Gasteiger partial charge on any atom is -0.384 e. The smallest absolute Gasteiger partial charge is 0.324 e. The van der Waals surface area contributed by atoms with Crippen LogP contribution in [0.1, 0.15) is 12.5 Å². The Hall–Kier alpha value is -2.15. The van der Waals surface area contributed by atoms with Crippen molar-refractivity contribution in [2.24, 2.45) is 0 Å². The number of carbonyl (C=O) groups is 2. The van der Waals surface area contributed by atoms with Gasteiger partial charge in [-0.2, -0.15) is 0 Å². The molecule has 0 unspecified atom stereocenters. The number of aromatic nitrogens is 1. The number of hydrogen-bond acceptors (Lipinski definition) is 5. The molecule has 2 rings (SSSR count). The number of nitrogen functional groups attached to an aromatic ring is 1. The topological polar surface area (TPSA) is 97.5 Å². The molecule has 19 heavy (non-hydrogen) atoms. The fourth-order valence-corrected chi connectivity index (χ4v) is 1.98. The summed E-state index contributed by atoms with van der Waals surface area (Å²) in [5, 5.41) is 2.42. The summed E-state index contributed by atoms with van der Waals surface area (Å²) in [6.45, 7) is 2.03. The highest BCUT2D eigenvalue weighted by atomic mass is 16.5. The van der Waals surface area contributed by atoms with Crippen LogP contribution in [-0.2, 0) is 16.1 Å². The van der Waals surface area contributed by atoms with Gasteiger partial charge < -0.3 is 15.8 Å². The van der Waals surface area contributed by atoms with E-state index in [1.807, 2.05) is 0 Å². The van der Waals surface area contributed by atoms with Crippen molar-refractivity contribution in [3.05, 3.63) is 23.9 Å². The lowest BCUT2D eigenvalue weighted by Crippen LogP contribution is -2.67. The van der Waals surface area contributed by atoms with Crippen molar-refractivity contribution in [3.63, 3.8) is 0 Å². The van der Waals surface area contributed by atoms with Gasteiger partial charge in [0.1, 0.15) is 5.82 Å². The summed E-state index contributed by atoms with van der Waals surface area (Å²) in [5.74, 6) is 0.0787. The molecule has 0 spiro atoms. The van der Waals surface area contributed by atoms with E-state index in [2.05, 4.69) is 10.3 Å². The Labute approximate surface area is 110 Å². The van der Waals surface area contributed by atoms with Crippen molar-refractivity contribution in [1.82, 2.24) is 15.2 Å². The lowest BCUT2D eigenvalue weighted by atomic mass is 10.0. The maximum atomic E-state index is 11.8. The molecule has 0 aliphatic carbocycles. The predicted octanol–water partition coefficient (Wildman–Crippen LogP) is 0.119. The maximum Gasteiger partial charge on any atom is 0.324 e. The number of nitrogens with two attached hydrogens (primary N) is 1. The van der Waals surface area contributed by atoms with Gasteiger partial charge in [-0.25, -0.2) is 9.78 Å². The minimum absolute atomic E-state index is 0.259. The average molecular weight is 264 g/mol. The van der Waals surface area contributed by atoms with Gasteiger partial charge >= 0.3 is 6.03 Å². The highest BCUT2D eigenvalue weighted by Crippen LogP contribution is 2.23. The van der Waals surface area contributed by atoms with Crippen molar-refractivity contribution >= 4 is 17.8 Å². The summed E-state index contributed by atoms with van der Waals surface area (Å²) < 4.78 is 5.51. The van der Waals surface area contributed by atoms with E-state index in [-0.39, 0.29) is 18.6 Å². The summed E-state index contributed by atoms with van der Waals surface area (Å²) in [5.41, 5.74) is 6.39. The molecule has 7 nitrogen and oxygen atoms in total. The van der Waals surface area contributed by atoms with Crippen LogP contribution in [0.4, 0.5) is 10.6 Å². The van der Waals surface area contributed by atoms with E-state index in [1.54, 1.807) is 25.3 Å². The first-order chi connectivity index (χ1) is 9.04. The number of ether oxygens (including phenoxy) is 1. The molecular formula is C12H16N4O3. The minimum atomic E-state index is -0.591. The van der Waals surface area contributed by atoms with Gasteiger partial charge in [0.05, 0.1) is 12.6 Å². The van der Waals surface area contributed by atoms with Crippen LogP contribution >= 0.6 is 0 Å². The molecular weight excluding hydrogens is 248 g/mol. The van der Waals surface area contributed by atoms with Crippen LogP contribution in [0, 0.1) is 0 Å². The molecule has 1 saturated heterocycles. The van der Waals surface area contributed by atoms with Crippen molar-refractivity contribution in [1.29, 1.82) is 0 Å². The quantitative estimate of drug-likeness (QED) is 0.756. The summed E-state index contributed by atoms with van der Waals surface area (Å²) in [7, 11) is 1.48. The first-order valence-corrected chi connectivity index (χ1v) is 5.91. The highest BCUT2D eigenvalue weighted by molar-refractivity contribution is 6.02. The molecule has 0 radical (unpaired) electrons. The number of pyridine rings is 1. The number of nitrogens with one attached hydrogen (secondary N) is 1. The summed E-state index contributed by atoms with van der Waals surface area (Å²) in [6.07, 6.45) is 0.989. The Kier molecular flexibility index (Phi) is 3.66. The number of nitrogens with zero attached hydrogens (tertiary/aromatic N) is 2. The Morgan fingerprint density at radius 1 is 1.63 bits per heavy atom. The van der Waals surface area contributed by atoms with Gasteiger partial charge in [0.15, 0.2) is 6.10 Å². The van der Waals surface area contributed by atoms with Crippen LogP contribution in [0.5, 0.6) is 0 Å². The monoisotopic (exact) mass is 264 g/mol. The SMILES string of the molecule is CNC(=O)N1C(=O)[C@H](OCc2ccnc(N)c2)[C@H]1C. The number of carbonyl (C=O) groups excluding carboxylic acids is 2. The van der Waals surface area contributed by atoms with Crippen LogP contribution in [0.25, 0.3) is 0 Å². The third-order valence-electron chi connectivity index (χ3n) is 3.03. The number of imide groups is 1. The molecule has 3 N–H and O–H groups in total. The third-order valence-corrected chi connectivity index (χ3v) is 3.03. The number of urea groups is 1. The highest BCUT2D eigenvalue weighted by Gasteiger charge is 2.48. The maximum absolute atomic E-state index is 11.8. The Morgan fingerprint density at radius 3 is 2.95 bits per heavy atom. The number of anilines is 1. The molecule has 1 aliphatic heterocycles. The number of amides is 3. The lowest BCUT2D eigenvalue weighted by Gasteiger charge is -2.42. The molecule has 102 valence electrons. The number of rotatable bonds is 3. The molecule has 7 heteroatoms. The predicted molar refractivity (Wildman–Crippen MR) is 68.0 cm³/mol. The normalized spacial score (nSPS) is 22.0. The van der Waals surface area contributed by atoms with E-state index in [0.717, 1.165) is 10.5 Å². The number of likely N-dealkylation sites (tertiary alicyclic amines) is 1. The second-order valence-electron chi connectivity index (χ2n) is 4.32. The van der Waals surface area contributed by atoms with Crippen molar-refractivity contribution in [3.8, 4) is 0 Å². The fourth-order valence-electron chi connectivity index (χ4n) is 1.98. The Bertz CT molecular complexity index is 506. The van der Waals surface area contributed by atoms with Gasteiger partial charge in [0.2, 0.25) is 0 Å². The zero-order valence-corrected chi connectivity index (χ0v) is 10.8. The number of β-lactam (4-membered cyclic amide) rings is 1. The average Bonchev–Trinajstić information content (AvgIpc) is 2.39. The standard InChI is InChI=1S/C12H16N4O3/c1-7-10(11(17)16(7)12(18)14-2)19-6-8-3-4-15-9(13)5-8/h3-5,7,10H,6H2,1-2H3,(H2,13,15)(H,14,18)/t7-,10-/m1/s1. The molecule has 0 saturated carbocycles. The first kappa shape index (κ1) is 13.3. The van der Waals surface area contributed by atoms with Crippen molar-refractivity contribution < 1.29 is 14.3 Å². The van der Waals surface area contributed by atoms with E-state index in [1.165, 1.54) is 7.05 Å². The van der Waals surface area contributed by atoms with E-state index in [4.69, 9.17) is 10.5 Å². The van der Waals surface area contributed by atoms with E-state index in [0.29, 0.717) is 5.82 Å². The van der Waals surface area contributed by atoms with Gasteiger partial charge in [-0.15, -0.1) is 0 Å². The molecule has 1 fully saturated rings. The Morgan fingerprint density at radius 2 is 2.37 bits per heavy atom. The first-order valence-electron chi connectivity index (χ1n) is 5.91. The van der Waals surface area contributed by atoms with Crippen LogP contribution < -0.4 is 11.1 Å². The third kappa shape index (κ3) is 2.50. The molecule has 1 aliphatic rings. The molecule has 2 heterocycles. The fraction of sp³-hybridized carbons (Fsp3) is 0.417. The van der Waals surface area contributed by atoms with Crippen LogP contribution in [0.15, 0.2) is 18.3 Å². The second kappa shape index (κ2) is 5.23. The van der Waals surface area contributed by atoms with Crippen molar-refractivity contribution in [2.75, 3.05) is 12.8 Å². The van der Waals surface area contributed by atoms with Crippen LogP contribution in [0.3, 0.4) is 0 Å². The lowest BCUT2D eigenvalue weighted by molar-refractivity contribution is -0.166. The van der Waals surface area contributed by atoms with Gasteiger partial charge in [-0.05, 0) is 24.6 Å². The molecule has 1 aromatic heterocycles. The molecule has 0 bridgehead atoms. The summed E-state index contributed by atoms with van der Waals surface area (Å²) in [6, 6.07) is 2.77. The van der Waals surface area contributed by atoms with Gasteiger partial charge in [0.25, 0.3) is 5.91 Å². The number of hydrogen-bond donors (Lipinski definition) is 2. The zero-order valence-electron chi connectivity index (χ0n) is 10.8. The van der Waals surface area contributed by atoms with E-state index < -0.39 is 12.1 Å². The largest absolute Gasteiger partial charge is 0.384 e. The molecule has 1 aromatic rings. The van der Waals surface area contributed by atoms with Gasteiger partial charge in [0, 0.05) is 13.2 Å². The zero-order chi connectivity index (χ0) is 14.0. The van der Waals surface area contributed by atoms with E-state index in [9.17, 15) is 9.59 Å². The molecule has 0 aromatic carbocycles. The van der Waals surface area contributed by atoms with Gasteiger partial charge in [-0.3, -0.25) is 9.69 Å². The van der Waals surface area contributed by atoms with E-state index >= 15 is 0 Å². The van der Waals surface area contributed by atoms with Crippen LogP contribution in [0.2, 0.25) is 0 Å². The summed E-state index contributed by atoms with van der Waals surface area (Å²) in [4.78, 5) is 28.2. The second-order valence-corrected chi connectivity index (χ2v) is 4.32. The van der Waals surface area contributed by atoms with Crippen LogP contribution in [-0.4, -0.2) is 41.0 Å². The molecule has 2 atom stereocenters. The Balaban J connectivity index is 1.92. The van der Waals surface area contributed by atoms with Crippen molar-refractivity contribution in [2.45, 2.75) is 25.7 Å². The summed E-state index contributed by atoms with van der Waals surface area (Å²) >= 11 is 0.